The second kappa shape index (κ2) is 10.2. The first kappa shape index (κ1) is 25.7. The highest BCUT2D eigenvalue weighted by Crippen LogP contribution is 2.40. The molecular formula is C32H28FN3O4. The summed E-state index contributed by atoms with van der Waals surface area (Å²) in [4.78, 5) is 33.0. The molecule has 1 N–H and O–H groups in total. The molecule has 0 aliphatic heterocycles. The van der Waals surface area contributed by atoms with Gasteiger partial charge in [-0.15, -0.1) is 0 Å². The van der Waals surface area contributed by atoms with E-state index in [1.165, 1.54) is 18.4 Å². The molecule has 6 rings (SSSR count). The van der Waals surface area contributed by atoms with Crippen molar-refractivity contribution in [3.05, 3.63) is 95.3 Å². The molecule has 3 heterocycles. The van der Waals surface area contributed by atoms with E-state index in [0.29, 0.717) is 10.9 Å². The van der Waals surface area contributed by atoms with Crippen LogP contribution in [0.1, 0.15) is 40.2 Å². The Kier molecular flexibility index (Phi) is 6.56. The molecule has 8 heteroatoms. The first-order chi connectivity index (χ1) is 19.3. The summed E-state index contributed by atoms with van der Waals surface area (Å²) in [6, 6.07) is 12.6. The van der Waals surface area contributed by atoms with E-state index >= 15 is 4.39 Å². The van der Waals surface area contributed by atoms with Crippen LogP contribution in [0.2, 0.25) is 0 Å². The molecule has 2 aromatic carbocycles. The lowest BCUT2D eigenvalue weighted by atomic mass is 9.93. The van der Waals surface area contributed by atoms with Gasteiger partial charge in [-0.2, -0.15) is 0 Å². The Hall–Kier alpha value is -4.56. The number of ketones is 1. The number of hydrogen-bond acceptors (Lipinski definition) is 5. The van der Waals surface area contributed by atoms with Gasteiger partial charge in [0.05, 0.1) is 28.1 Å². The first-order valence-electron chi connectivity index (χ1n) is 13.2. The number of hydrogen-bond donors (Lipinski definition) is 1. The fourth-order valence-corrected chi connectivity index (χ4v) is 5.63. The minimum Gasteiger partial charge on any atom is -0.477 e. The second-order valence-corrected chi connectivity index (χ2v) is 10.4. The topological polar surface area (TPSA) is 88.6 Å². The van der Waals surface area contributed by atoms with Crippen molar-refractivity contribution in [2.75, 3.05) is 20.6 Å². The first-order valence-corrected chi connectivity index (χ1v) is 13.2. The highest BCUT2D eigenvalue weighted by molar-refractivity contribution is 6.29. The van der Waals surface area contributed by atoms with E-state index in [-0.39, 0.29) is 46.5 Å². The van der Waals surface area contributed by atoms with Crippen molar-refractivity contribution >= 4 is 50.1 Å². The monoisotopic (exact) mass is 537 g/mol. The van der Waals surface area contributed by atoms with E-state index in [0.717, 1.165) is 41.5 Å². The zero-order chi connectivity index (χ0) is 28.0. The molecule has 0 saturated heterocycles. The molecule has 7 nitrogen and oxygen atoms in total. The standard InChI is InChI=1S/C32H28FN3O4/c1-35(2)14-7-8-20-16-19(21-9-3-5-11-25(21)34-20)18-36-26-17-24(33)22-13-15-40-31(22)29(26)28(30(36)32(38)39)23-10-4-6-12-27(23)37/h3-6,9-11,13,15-17H,7-8,12,14,18H2,1-2H3,(H,38,39). The van der Waals surface area contributed by atoms with Gasteiger partial charge in [0, 0.05) is 35.2 Å². The van der Waals surface area contributed by atoms with E-state index in [2.05, 4.69) is 4.90 Å². The minimum absolute atomic E-state index is 0.0803. The maximum atomic E-state index is 15.3. The Morgan fingerprint density at radius 2 is 2.00 bits per heavy atom. The number of Topliss-reactive ketones (excluding diaryl/α,β-unsaturated/α-hetero) is 1. The molecule has 202 valence electrons. The Balaban J connectivity index is 1.62. The van der Waals surface area contributed by atoms with Crippen LogP contribution in [0.5, 0.6) is 0 Å². The van der Waals surface area contributed by atoms with Crippen LogP contribution in [0.15, 0.2) is 71.4 Å². The van der Waals surface area contributed by atoms with Crippen molar-refractivity contribution in [1.29, 1.82) is 0 Å². The minimum atomic E-state index is -1.21. The quantitative estimate of drug-likeness (QED) is 0.253. The number of carboxylic acid groups (broad SMARTS) is 1. The van der Waals surface area contributed by atoms with Crippen molar-refractivity contribution in [1.82, 2.24) is 14.5 Å². The smallest absolute Gasteiger partial charge is 0.353 e. The summed E-state index contributed by atoms with van der Waals surface area (Å²) in [5.74, 6) is -1.93. The average molecular weight is 538 g/mol. The van der Waals surface area contributed by atoms with Crippen molar-refractivity contribution < 1.29 is 23.5 Å². The number of benzene rings is 2. The van der Waals surface area contributed by atoms with E-state index in [4.69, 9.17) is 9.40 Å². The molecule has 0 spiro atoms. The van der Waals surface area contributed by atoms with Crippen molar-refractivity contribution in [2.24, 2.45) is 0 Å². The Morgan fingerprint density at radius 3 is 2.77 bits per heavy atom. The third-order valence-corrected chi connectivity index (χ3v) is 7.41. The molecule has 1 aliphatic rings. The van der Waals surface area contributed by atoms with Gasteiger partial charge < -0.3 is 19.0 Å². The van der Waals surface area contributed by atoms with Crippen LogP contribution < -0.4 is 0 Å². The molecular weight excluding hydrogens is 509 g/mol. The van der Waals surface area contributed by atoms with Crippen LogP contribution >= 0.6 is 0 Å². The number of para-hydroxylation sites is 1. The maximum Gasteiger partial charge on any atom is 0.353 e. The Bertz CT molecular complexity index is 1880. The number of carbonyl (C=O) groups is 2. The second-order valence-electron chi connectivity index (χ2n) is 10.4. The number of aromatic nitrogens is 2. The Labute approximate surface area is 229 Å². The van der Waals surface area contributed by atoms with Crippen LogP contribution in [0, 0.1) is 5.82 Å². The summed E-state index contributed by atoms with van der Waals surface area (Å²) in [6.45, 7) is 1.05. The van der Waals surface area contributed by atoms with Gasteiger partial charge in [0.2, 0.25) is 0 Å². The van der Waals surface area contributed by atoms with Gasteiger partial charge in [-0.05, 0) is 63.3 Å². The van der Waals surface area contributed by atoms with Gasteiger partial charge in [0.25, 0.3) is 0 Å². The fourth-order valence-electron chi connectivity index (χ4n) is 5.63. The number of carboxylic acids is 1. The van der Waals surface area contributed by atoms with Crippen LogP contribution in [-0.2, 0) is 17.8 Å². The lowest BCUT2D eigenvalue weighted by Crippen LogP contribution is -2.15. The number of allylic oxidation sites excluding steroid dienone is 4. The van der Waals surface area contributed by atoms with Gasteiger partial charge in [-0.25, -0.2) is 9.18 Å². The molecule has 0 saturated carbocycles. The van der Waals surface area contributed by atoms with E-state index in [1.54, 1.807) is 22.8 Å². The SMILES string of the molecule is CN(C)CCCc1cc(Cn2c(C(=O)O)c(C3=CC=CCC3=O)c3c4occc4c(F)cc32)c2ccccc2n1. The summed E-state index contributed by atoms with van der Waals surface area (Å²) in [5, 5.41) is 12.1. The van der Waals surface area contributed by atoms with Gasteiger partial charge in [0.1, 0.15) is 17.1 Å². The number of carbonyl (C=O) groups excluding carboxylic acids is 1. The molecule has 0 atom stereocenters. The lowest BCUT2D eigenvalue weighted by Gasteiger charge is -2.15. The van der Waals surface area contributed by atoms with Crippen molar-refractivity contribution in [3.63, 3.8) is 0 Å². The number of aromatic carboxylic acids is 1. The molecule has 0 bridgehead atoms. The zero-order valence-electron chi connectivity index (χ0n) is 22.3. The lowest BCUT2D eigenvalue weighted by molar-refractivity contribution is -0.113. The number of fused-ring (bicyclic) bond motifs is 4. The number of furan rings is 1. The van der Waals surface area contributed by atoms with Gasteiger partial charge in [-0.1, -0.05) is 36.4 Å². The highest BCUT2D eigenvalue weighted by Gasteiger charge is 2.31. The summed E-state index contributed by atoms with van der Waals surface area (Å²) in [6.07, 6.45) is 8.31. The molecule has 0 fully saturated rings. The molecule has 3 aromatic heterocycles. The third kappa shape index (κ3) is 4.40. The van der Waals surface area contributed by atoms with Crippen molar-refractivity contribution in [3.8, 4) is 0 Å². The summed E-state index contributed by atoms with van der Waals surface area (Å²) in [7, 11) is 4.05. The predicted molar refractivity (Wildman–Crippen MR) is 153 cm³/mol. The maximum absolute atomic E-state index is 15.3. The molecule has 5 aromatic rings. The molecule has 1 aliphatic carbocycles. The van der Waals surface area contributed by atoms with Gasteiger partial charge in [-0.3, -0.25) is 9.78 Å². The molecule has 0 radical (unpaired) electrons. The number of nitrogens with zero attached hydrogens (tertiary/aromatic N) is 3. The summed E-state index contributed by atoms with van der Waals surface area (Å²) < 4.78 is 22.6. The number of rotatable bonds is 8. The average Bonchev–Trinajstić information content (AvgIpc) is 3.53. The van der Waals surface area contributed by atoms with Crippen LogP contribution in [0.4, 0.5) is 4.39 Å². The van der Waals surface area contributed by atoms with E-state index in [9.17, 15) is 14.7 Å². The molecule has 0 unspecified atom stereocenters. The Morgan fingerprint density at radius 1 is 1.18 bits per heavy atom. The van der Waals surface area contributed by atoms with Crippen LogP contribution in [-0.4, -0.2) is 52.0 Å². The van der Waals surface area contributed by atoms with E-state index < -0.39 is 11.8 Å². The molecule has 0 amide bonds. The molecule has 40 heavy (non-hydrogen) atoms. The van der Waals surface area contributed by atoms with E-state index in [1.807, 2.05) is 44.4 Å². The zero-order valence-corrected chi connectivity index (χ0v) is 22.3. The summed E-state index contributed by atoms with van der Waals surface area (Å²) >= 11 is 0. The number of halogens is 1. The van der Waals surface area contributed by atoms with Gasteiger partial charge in [0.15, 0.2) is 5.78 Å². The highest BCUT2D eigenvalue weighted by atomic mass is 19.1. The number of pyridine rings is 1. The van der Waals surface area contributed by atoms with Gasteiger partial charge >= 0.3 is 5.97 Å². The van der Waals surface area contributed by atoms with Crippen molar-refractivity contribution in [2.45, 2.75) is 25.8 Å². The van der Waals surface area contributed by atoms with Crippen LogP contribution in [0.25, 0.3) is 38.3 Å². The van der Waals surface area contributed by atoms with Crippen LogP contribution in [0.3, 0.4) is 0 Å². The summed E-state index contributed by atoms with van der Waals surface area (Å²) in [5.41, 5.74) is 3.59. The largest absolute Gasteiger partial charge is 0.477 e. The fraction of sp³-hybridized carbons (Fsp3) is 0.219. The normalized spacial score (nSPS) is 13.7. The number of aryl methyl sites for hydroxylation is 1. The predicted octanol–water partition coefficient (Wildman–Crippen LogP) is 6.23. The third-order valence-electron chi connectivity index (χ3n) is 7.41.